The summed E-state index contributed by atoms with van der Waals surface area (Å²) in [5.74, 6) is 1.84. The lowest BCUT2D eigenvalue weighted by molar-refractivity contribution is 0.194. The number of aryl methyl sites for hydroxylation is 3. The maximum Gasteiger partial charge on any atom is 0.223 e. The highest BCUT2D eigenvalue weighted by molar-refractivity contribution is 5.49. The number of hydrogen-bond acceptors (Lipinski definition) is 5. The van der Waals surface area contributed by atoms with E-state index in [-0.39, 0.29) is 0 Å². The molecule has 0 saturated carbocycles. The molecule has 0 radical (unpaired) electrons. The van der Waals surface area contributed by atoms with Crippen molar-refractivity contribution in [3.8, 4) is 5.69 Å². The van der Waals surface area contributed by atoms with Crippen LogP contribution in [0.4, 0.5) is 0 Å². The molecule has 26 heavy (non-hydrogen) atoms. The summed E-state index contributed by atoms with van der Waals surface area (Å²) in [4.78, 5) is 6.94. The van der Waals surface area contributed by atoms with Crippen LogP contribution in [0.3, 0.4) is 0 Å². The molecule has 0 amide bonds. The largest absolute Gasteiger partial charge is 0.340 e. The predicted octanol–water partition coefficient (Wildman–Crippen LogP) is 3.56. The van der Waals surface area contributed by atoms with Gasteiger partial charge in [0, 0.05) is 38.3 Å². The van der Waals surface area contributed by atoms with Gasteiger partial charge in [-0.1, -0.05) is 22.9 Å². The van der Waals surface area contributed by atoms with E-state index in [1.54, 1.807) is 0 Å². The fraction of sp³-hybridized carbons (Fsp3) is 0.450. The molecule has 136 valence electrons. The van der Waals surface area contributed by atoms with Gasteiger partial charge in [0.25, 0.3) is 0 Å². The van der Waals surface area contributed by atoms with E-state index in [2.05, 4.69) is 46.1 Å². The summed E-state index contributed by atoms with van der Waals surface area (Å²) in [6, 6.07) is 6.48. The quantitative estimate of drug-likeness (QED) is 0.719. The van der Waals surface area contributed by atoms with Crippen molar-refractivity contribution in [2.45, 2.75) is 46.1 Å². The van der Waals surface area contributed by atoms with Crippen molar-refractivity contribution in [2.24, 2.45) is 0 Å². The Kier molecular flexibility index (Phi) is 4.59. The second-order valence-corrected chi connectivity index (χ2v) is 7.29. The van der Waals surface area contributed by atoms with Gasteiger partial charge < -0.3 is 4.52 Å². The number of aromatic nitrogens is 4. The van der Waals surface area contributed by atoms with Crippen molar-refractivity contribution in [1.29, 1.82) is 0 Å². The van der Waals surface area contributed by atoms with Gasteiger partial charge in [-0.25, -0.2) is 4.68 Å². The Bertz CT molecular complexity index is 884. The first kappa shape index (κ1) is 17.0. The topological polar surface area (TPSA) is 60.0 Å². The molecule has 0 aliphatic carbocycles. The minimum Gasteiger partial charge on any atom is -0.340 e. The van der Waals surface area contributed by atoms with Crippen LogP contribution in [0.1, 0.15) is 47.2 Å². The fourth-order valence-electron chi connectivity index (χ4n) is 4.03. The highest BCUT2D eigenvalue weighted by Gasteiger charge is 2.26. The van der Waals surface area contributed by atoms with Crippen molar-refractivity contribution < 1.29 is 4.52 Å². The number of hydrogen-bond donors (Lipinski definition) is 0. The summed E-state index contributed by atoms with van der Waals surface area (Å²) in [7, 11) is 0. The van der Waals surface area contributed by atoms with Crippen LogP contribution < -0.4 is 0 Å². The molecule has 1 saturated heterocycles. The van der Waals surface area contributed by atoms with Gasteiger partial charge in [0.1, 0.15) is 0 Å². The zero-order valence-electron chi connectivity index (χ0n) is 15.6. The lowest BCUT2D eigenvalue weighted by Crippen LogP contribution is -2.34. The average Bonchev–Trinajstić information content (AvgIpc) is 3.26. The highest BCUT2D eigenvalue weighted by Crippen LogP contribution is 2.28. The summed E-state index contributed by atoms with van der Waals surface area (Å²) in [5.41, 5.74) is 5.05. The van der Waals surface area contributed by atoms with Gasteiger partial charge in [-0.3, -0.25) is 4.90 Å². The number of benzene rings is 1. The lowest BCUT2D eigenvalue weighted by Gasteiger charge is -2.32. The fourth-order valence-corrected chi connectivity index (χ4v) is 4.03. The molecular weight excluding hydrogens is 326 g/mol. The van der Waals surface area contributed by atoms with E-state index < -0.39 is 0 Å². The maximum atomic E-state index is 5.18. The van der Waals surface area contributed by atoms with E-state index in [9.17, 15) is 0 Å². The van der Waals surface area contributed by atoms with E-state index in [4.69, 9.17) is 4.52 Å². The van der Waals surface area contributed by atoms with Gasteiger partial charge >= 0.3 is 0 Å². The zero-order chi connectivity index (χ0) is 18.1. The highest BCUT2D eigenvalue weighted by atomic mass is 16.5. The Morgan fingerprint density at radius 1 is 1.23 bits per heavy atom. The van der Waals surface area contributed by atoms with Gasteiger partial charge in [-0.2, -0.15) is 10.1 Å². The first-order valence-corrected chi connectivity index (χ1v) is 9.23. The minimum absolute atomic E-state index is 0.347. The minimum atomic E-state index is 0.347. The van der Waals surface area contributed by atoms with Crippen LogP contribution in [0.5, 0.6) is 0 Å². The van der Waals surface area contributed by atoms with Crippen LogP contribution in [0.25, 0.3) is 5.69 Å². The van der Waals surface area contributed by atoms with Crippen LogP contribution in [0.15, 0.2) is 35.1 Å². The molecule has 6 heteroatoms. The average molecular weight is 351 g/mol. The van der Waals surface area contributed by atoms with Gasteiger partial charge in [-0.15, -0.1) is 0 Å². The summed E-state index contributed by atoms with van der Waals surface area (Å²) in [5, 5.41) is 8.60. The number of nitrogens with zero attached hydrogens (tertiary/aromatic N) is 5. The first-order chi connectivity index (χ1) is 12.6. The summed E-state index contributed by atoms with van der Waals surface area (Å²) < 4.78 is 7.16. The number of rotatable bonds is 4. The lowest BCUT2D eigenvalue weighted by atomic mass is 9.96. The molecule has 3 aromatic rings. The SMILES string of the molecule is Cc1cc(C)c(-n2cccn2)c(CN2CCC[C@@H](c3noc(C)n3)C2)c1. The van der Waals surface area contributed by atoms with Crippen molar-refractivity contribution in [1.82, 2.24) is 24.8 Å². The number of piperidine rings is 1. The maximum absolute atomic E-state index is 5.18. The Labute approximate surface area is 153 Å². The Morgan fingerprint density at radius 2 is 2.12 bits per heavy atom. The molecule has 4 rings (SSSR count). The predicted molar refractivity (Wildman–Crippen MR) is 99.3 cm³/mol. The molecule has 0 N–H and O–H groups in total. The molecule has 2 aromatic heterocycles. The van der Waals surface area contributed by atoms with Crippen LogP contribution >= 0.6 is 0 Å². The molecule has 0 unspecified atom stereocenters. The zero-order valence-corrected chi connectivity index (χ0v) is 15.6. The van der Waals surface area contributed by atoms with Gasteiger partial charge in [0.15, 0.2) is 5.82 Å². The van der Waals surface area contributed by atoms with Crippen LogP contribution in [0.2, 0.25) is 0 Å². The molecule has 1 atom stereocenters. The van der Waals surface area contributed by atoms with E-state index in [1.165, 1.54) is 22.4 Å². The third-order valence-electron chi connectivity index (χ3n) is 5.07. The normalized spacial score (nSPS) is 18.3. The van der Waals surface area contributed by atoms with Gasteiger partial charge in [-0.05, 0) is 50.4 Å². The Morgan fingerprint density at radius 3 is 2.85 bits per heavy atom. The van der Waals surface area contributed by atoms with E-state index >= 15 is 0 Å². The molecule has 1 fully saturated rings. The van der Waals surface area contributed by atoms with E-state index in [0.29, 0.717) is 11.8 Å². The van der Waals surface area contributed by atoms with E-state index in [0.717, 1.165) is 38.3 Å². The van der Waals surface area contributed by atoms with Gasteiger partial charge in [0.05, 0.1) is 5.69 Å². The molecule has 1 aromatic carbocycles. The van der Waals surface area contributed by atoms with Crippen molar-refractivity contribution in [3.63, 3.8) is 0 Å². The molecule has 0 spiro atoms. The second kappa shape index (κ2) is 7.03. The standard InChI is InChI=1S/C20H25N5O/c1-14-10-15(2)19(25-9-5-7-21-25)18(11-14)13-24-8-4-6-17(12-24)20-22-16(3)26-23-20/h5,7,9-11,17H,4,6,8,12-13H2,1-3H3/t17-/m1/s1. The molecule has 3 heterocycles. The second-order valence-electron chi connectivity index (χ2n) is 7.29. The van der Waals surface area contributed by atoms with Crippen molar-refractivity contribution in [2.75, 3.05) is 13.1 Å². The van der Waals surface area contributed by atoms with Crippen LogP contribution in [0, 0.1) is 20.8 Å². The van der Waals surface area contributed by atoms with Crippen molar-refractivity contribution >= 4 is 0 Å². The molecular formula is C20H25N5O. The summed E-state index contributed by atoms with van der Waals surface area (Å²) in [6.45, 7) is 9.14. The third-order valence-corrected chi connectivity index (χ3v) is 5.07. The molecule has 1 aliphatic rings. The van der Waals surface area contributed by atoms with E-state index in [1.807, 2.05) is 30.1 Å². The first-order valence-electron chi connectivity index (χ1n) is 9.23. The van der Waals surface area contributed by atoms with Crippen LogP contribution in [-0.4, -0.2) is 37.9 Å². The Balaban J connectivity index is 1.59. The summed E-state index contributed by atoms with van der Waals surface area (Å²) >= 11 is 0. The van der Waals surface area contributed by atoms with Crippen molar-refractivity contribution in [3.05, 3.63) is 59.0 Å². The molecule has 6 nitrogen and oxygen atoms in total. The molecule has 0 bridgehead atoms. The van der Waals surface area contributed by atoms with Gasteiger partial charge in [0.2, 0.25) is 5.89 Å². The smallest absolute Gasteiger partial charge is 0.223 e. The molecule has 1 aliphatic heterocycles. The summed E-state index contributed by atoms with van der Waals surface area (Å²) in [6.07, 6.45) is 6.12. The monoisotopic (exact) mass is 351 g/mol. The Hall–Kier alpha value is -2.47. The number of likely N-dealkylation sites (tertiary alicyclic amines) is 1. The third kappa shape index (κ3) is 3.42. The van der Waals surface area contributed by atoms with Crippen LogP contribution in [-0.2, 0) is 6.54 Å².